The number of unbranched alkanes of at least 4 members (excludes halogenated alkanes) is 6. The van der Waals surface area contributed by atoms with Crippen LogP contribution in [0.5, 0.6) is 5.75 Å². The van der Waals surface area contributed by atoms with Crippen LogP contribution in [0.2, 0.25) is 0 Å². The van der Waals surface area contributed by atoms with Crippen LogP contribution in [0.1, 0.15) is 123 Å². The van der Waals surface area contributed by atoms with Crippen molar-refractivity contribution in [2.75, 3.05) is 6.54 Å². The Balaban J connectivity index is 0.000000248. The fraction of sp³-hybridized carbons (Fsp3) is 0.615. The van der Waals surface area contributed by atoms with E-state index in [-0.39, 0.29) is 23.4 Å². The normalized spacial score (nSPS) is 22.9. The summed E-state index contributed by atoms with van der Waals surface area (Å²) in [5.74, 6) is 0.947. The molecule has 3 aliphatic rings. The number of carbonyl (C=O) groups excluding carboxylic acids is 3. The predicted molar refractivity (Wildman–Crippen MR) is 184 cm³/mol. The van der Waals surface area contributed by atoms with Crippen LogP contribution in [0.25, 0.3) is 0 Å². The average molecular weight is 622 g/mol. The Hall–Kier alpha value is -3.15. The molecule has 4 rings (SSSR count). The number of fused-ring (bicyclic) bond motifs is 2. The van der Waals surface area contributed by atoms with Gasteiger partial charge in [0.15, 0.2) is 0 Å². The maximum atomic E-state index is 11.3. The number of ether oxygens (including phenoxy) is 2. The molecule has 0 radical (unpaired) electrons. The number of carbonyl (C=O) groups is 3. The van der Waals surface area contributed by atoms with E-state index >= 15 is 0 Å². The molecule has 1 saturated heterocycles. The first-order valence-corrected chi connectivity index (χ1v) is 17.2. The molecule has 0 N–H and O–H groups in total. The molecule has 45 heavy (non-hydrogen) atoms. The van der Waals surface area contributed by atoms with Gasteiger partial charge in [-0.15, -0.1) is 0 Å². The molecular formula is C39H59NO5. The van der Waals surface area contributed by atoms with Crippen molar-refractivity contribution in [2.45, 2.75) is 130 Å². The van der Waals surface area contributed by atoms with Gasteiger partial charge in [-0.1, -0.05) is 111 Å². The maximum absolute atomic E-state index is 11.3. The van der Waals surface area contributed by atoms with Gasteiger partial charge in [-0.3, -0.25) is 4.79 Å². The van der Waals surface area contributed by atoms with Crippen molar-refractivity contribution in [2.24, 2.45) is 16.7 Å². The van der Waals surface area contributed by atoms with Gasteiger partial charge >= 0.3 is 11.9 Å². The average Bonchev–Trinajstić information content (AvgIpc) is 3.23. The molecule has 250 valence electrons. The minimum Gasteiger partial charge on any atom is -0.459 e. The Bertz CT molecular complexity index is 1120. The van der Waals surface area contributed by atoms with Crippen LogP contribution in [-0.2, 0) is 25.5 Å². The van der Waals surface area contributed by atoms with Gasteiger partial charge in [0.1, 0.15) is 11.9 Å². The second-order valence-electron chi connectivity index (χ2n) is 13.4. The summed E-state index contributed by atoms with van der Waals surface area (Å²) in [4.78, 5) is 35.3. The highest BCUT2D eigenvalue weighted by Gasteiger charge is 2.62. The number of amides is 1. The SMILES string of the molecule is C=CC(=O)OC1CC2CCC1(C)C2(C)C.C=CC(=O)Oc1ccccc1CCCCCCCCC.C=CN1CCCCCC1=O. The maximum Gasteiger partial charge on any atom is 0.335 e. The third-order valence-electron chi connectivity index (χ3n) is 10.4. The van der Waals surface area contributed by atoms with Gasteiger partial charge in [0, 0.05) is 30.5 Å². The molecule has 1 amide bonds. The molecule has 1 heterocycles. The zero-order valence-electron chi connectivity index (χ0n) is 28.6. The Labute approximate surface area is 273 Å². The van der Waals surface area contributed by atoms with E-state index in [1.807, 2.05) is 24.3 Å². The molecule has 6 nitrogen and oxygen atoms in total. The lowest BCUT2D eigenvalue weighted by Crippen LogP contribution is -2.38. The fourth-order valence-corrected chi connectivity index (χ4v) is 6.93. The second-order valence-corrected chi connectivity index (χ2v) is 13.4. The van der Waals surface area contributed by atoms with Gasteiger partial charge in [-0.05, 0) is 74.1 Å². The van der Waals surface area contributed by atoms with E-state index in [1.54, 1.807) is 11.1 Å². The second kappa shape index (κ2) is 19.4. The van der Waals surface area contributed by atoms with Crippen LogP contribution in [0.15, 0.2) is 62.4 Å². The van der Waals surface area contributed by atoms with E-state index in [1.165, 1.54) is 69.9 Å². The third-order valence-corrected chi connectivity index (χ3v) is 10.4. The predicted octanol–water partition coefficient (Wildman–Crippen LogP) is 9.53. The van der Waals surface area contributed by atoms with Crippen molar-refractivity contribution in [1.82, 2.24) is 4.90 Å². The van der Waals surface area contributed by atoms with Crippen LogP contribution >= 0.6 is 0 Å². The minimum absolute atomic E-state index is 0.0942. The topological polar surface area (TPSA) is 72.9 Å². The highest BCUT2D eigenvalue weighted by atomic mass is 16.5. The van der Waals surface area contributed by atoms with Crippen LogP contribution in [0.4, 0.5) is 0 Å². The highest BCUT2D eigenvalue weighted by Crippen LogP contribution is 2.66. The summed E-state index contributed by atoms with van der Waals surface area (Å²) in [6.45, 7) is 20.4. The van der Waals surface area contributed by atoms with Crippen molar-refractivity contribution >= 4 is 17.8 Å². The molecule has 3 unspecified atom stereocenters. The monoisotopic (exact) mass is 621 g/mol. The standard InChI is InChI=1S/C18H26O2.C13H20O2.C8H13NO/c1-3-5-6-7-8-9-10-13-16-14-11-12-15-17(16)20-18(19)4-2;1-5-11(14)15-10-8-9-6-7-13(10,4)12(9,2)3;1-2-9-7-5-3-4-6-8(9)10/h4,11-12,14-15H,2-3,5-10,13H2,1H3;5,9-10H,1,6-8H2,2-4H3;2H,1,3-7H2. The smallest absolute Gasteiger partial charge is 0.335 e. The number of hydrogen-bond acceptors (Lipinski definition) is 5. The lowest BCUT2D eigenvalue weighted by molar-refractivity contribution is -0.150. The van der Waals surface area contributed by atoms with Gasteiger partial charge in [0.05, 0.1) is 0 Å². The van der Waals surface area contributed by atoms with E-state index in [4.69, 9.17) is 9.47 Å². The van der Waals surface area contributed by atoms with Crippen molar-refractivity contribution in [3.63, 3.8) is 0 Å². The number of aryl methyl sites for hydroxylation is 1. The molecule has 2 saturated carbocycles. The van der Waals surface area contributed by atoms with Crippen molar-refractivity contribution in [3.05, 3.63) is 67.9 Å². The molecule has 0 spiro atoms. The molecule has 1 aromatic carbocycles. The Morgan fingerprint density at radius 3 is 2.20 bits per heavy atom. The van der Waals surface area contributed by atoms with Gasteiger partial charge < -0.3 is 14.4 Å². The summed E-state index contributed by atoms with van der Waals surface area (Å²) >= 11 is 0. The first kappa shape index (κ1) is 38.0. The molecule has 2 bridgehead atoms. The molecule has 6 heteroatoms. The molecule has 3 atom stereocenters. The van der Waals surface area contributed by atoms with Crippen LogP contribution in [0, 0.1) is 16.7 Å². The van der Waals surface area contributed by atoms with Crippen molar-refractivity contribution in [3.8, 4) is 5.75 Å². The Morgan fingerprint density at radius 2 is 1.60 bits per heavy atom. The van der Waals surface area contributed by atoms with E-state index in [0.29, 0.717) is 23.5 Å². The number of benzene rings is 1. The first-order chi connectivity index (χ1) is 21.5. The molecule has 3 fully saturated rings. The van der Waals surface area contributed by atoms with Crippen LogP contribution < -0.4 is 4.74 Å². The fourth-order valence-electron chi connectivity index (χ4n) is 6.93. The van der Waals surface area contributed by atoms with E-state index in [0.717, 1.165) is 44.2 Å². The number of para-hydroxylation sites is 1. The molecule has 2 aliphatic carbocycles. The third kappa shape index (κ3) is 11.3. The lowest BCUT2D eigenvalue weighted by Gasteiger charge is -2.38. The minimum atomic E-state index is -0.392. The number of rotatable bonds is 13. The van der Waals surface area contributed by atoms with E-state index in [9.17, 15) is 14.4 Å². The largest absolute Gasteiger partial charge is 0.459 e. The molecule has 1 aliphatic heterocycles. The summed E-state index contributed by atoms with van der Waals surface area (Å²) in [6.07, 6.45) is 21.7. The van der Waals surface area contributed by atoms with E-state index in [2.05, 4.69) is 47.4 Å². The Morgan fingerprint density at radius 1 is 0.933 bits per heavy atom. The number of hydrogen-bond donors (Lipinski definition) is 0. The van der Waals surface area contributed by atoms with Gasteiger partial charge in [0.2, 0.25) is 5.91 Å². The number of esters is 2. The van der Waals surface area contributed by atoms with Gasteiger partial charge in [0.25, 0.3) is 0 Å². The molecular weight excluding hydrogens is 562 g/mol. The molecule has 0 aromatic heterocycles. The summed E-state index contributed by atoms with van der Waals surface area (Å²) in [5.41, 5.74) is 1.58. The number of nitrogens with zero attached hydrogens (tertiary/aromatic N) is 1. The Kier molecular flexibility index (Phi) is 16.4. The summed E-state index contributed by atoms with van der Waals surface area (Å²) in [7, 11) is 0. The zero-order chi connectivity index (χ0) is 33.3. The number of likely N-dealkylation sites (tertiary alicyclic amines) is 1. The summed E-state index contributed by atoms with van der Waals surface area (Å²) in [5, 5.41) is 0. The van der Waals surface area contributed by atoms with E-state index < -0.39 is 5.97 Å². The first-order valence-electron chi connectivity index (χ1n) is 17.2. The van der Waals surface area contributed by atoms with Crippen LogP contribution in [-0.4, -0.2) is 35.4 Å². The van der Waals surface area contributed by atoms with Crippen molar-refractivity contribution < 1.29 is 23.9 Å². The van der Waals surface area contributed by atoms with Gasteiger partial charge in [-0.2, -0.15) is 0 Å². The highest BCUT2D eigenvalue weighted by molar-refractivity contribution is 5.83. The lowest BCUT2D eigenvalue weighted by atomic mass is 9.70. The van der Waals surface area contributed by atoms with Crippen LogP contribution in [0.3, 0.4) is 0 Å². The summed E-state index contributed by atoms with van der Waals surface area (Å²) < 4.78 is 10.7. The van der Waals surface area contributed by atoms with Crippen molar-refractivity contribution in [1.29, 1.82) is 0 Å². The quantitative estimate of drug-likeness (QED) is 0.0949. The van der Waals surface area contributed by atoms with Gasteiger partial charge in [-0.25, -0.2) is 9.59 Å². The zero-order valence-corrected chi connectivity index (χ0v) is 28.6. The molecule has 1 aromatic rings. The summed E-state index contributed by atoms with van der Waals surface area (Å²) in [6, 6.07) is 7.75.